The average molecular weight is 234 g/mol. The van der Waals surface area contributed by atoms with Crippen molar-refractivity contribution in [3.05, 3.63) is 0 Å². The van der Waals surface area contributed by atoms with Crippen LogP contribution in [0.2, 0.25) is 0 Å². The highest BCUT2D eigenvalue weighted by Crippen LogP contribution is 2.36. The second-order valence-electron chi connectivity index (χ2n) is 5.05. The molecule has 0 aromatic heterocycles. The first-order valence-corrected chi connectivity index (χ1v) is 6.23. The molecule has 1 fully saturated rings. The second kappa shape index (κ2) is 5.92. The van der Waals surface area contributed by atoms with Crippen LogP contribution in [0, 0.1) is 5.92 Å². The van der Waals surface area contributed by atoms with Crippen LogP contribution < -0.4 is 5.73 Å². The highest BCUT2D eigenvalue weighted by Gasteiger charge is 2.37. The van der Waals surface area contributed by atoms with E-state index in [1.165, 1.54) is 6.42 Å². The summed E-state index contributed by atoms with van der Waals surface area (Å²) in [7, 11) is 1.78. The maximum atomic E-state index is 12.4. The van der Waals surface area contributed by atoms with Crippen molar-refractivity contribution in [3.63, 3.8) is 0 Å². The van der Waals surface area contributed by atoms with Crippen molar-refractivity contribution >= 4 is 0 Å². The lowest BCUT2D eigenvalue weighted by atomic mass is 9.75. The Balaban J connectivity index is 2.58. The van der Waals surface area contributed by atoms with Crippen molar-refractivity contribution in [3.8, 4) is 0 Å². The molecule has 0 aromatic carbocycles. The molecule has 0 amide bonds. The molecular formula is C12H24F2N2. The van der Waals surface area contributed by atoms with Gasteiger partial charge in [0.2, 0.25) is 0 Å². The van der Waals surface area contributed by atoms with Crippen molar-refractivity contribution in [2.24, 2.45) is 11.7 Å². The second-order valence-corrected chi connectivity index (χ2v) is 5.05. The van der Waals surface area contributed by atoms with Gasteiger partial charge in [-0.05, 0) is 38.6 Å². The standard InChI is InChI=1S/C12H24F2N2/c1-3-10-4-6-12(9-15,7-5-10)16(2)8-11(13)14/h10-11H,3-9,15H2,1-2H3. The predicted molar refractivity (Wildman–Crippen MR) is 62.7 cm³/mol. The SMILES string of the molecule is CCC1CCC(CN)(N(C)CC(F)F)CC1. The first kappa shape index (κ1) is 13.8. The van der Waals surface area contributed by atoms with E-state index in [0.717, 1.165) is 31.6 Å². The minimum Gasteiger partial charge on any atom is -0.329 e. The third-order valence-electron chi connectivity index (χ3n) is 4.21. The van der Waals surface area contributed by atoms with Crippen LogP contribution in [-0.2, 0) is 0 Å². The number of alkyl halides is 2. The maximum Gasteiger partial charge on any atom is 0.251 e. The van der Waals surface area contributed by atoms with Gasteiger partial charge in [0, 0.05) is 12.1 Å². The van der Waals surface area contributed by atoms with Crippen LogP contribution in [0.1, 0.15) is 39.0 Å². The molecule has 2 nitrogen and oxygen atoms in total. The van der Waals surface area contributed by atoms with Crippen LogP contribution in [0.5, 0.6) is 0 Å². The van der Waals surface area contributed by atoms with E-state index in [4.69, 9.17) is 5.73 Å². The summed E-state index contributed by atoms with van der Waals surface area (Å²) < 4.78 is 24.8. The molecule has 1 rings (SSSR count). The Morgan fingerprint density at radius 2 is 1.94 bits per heavy atom. The van der Waals surface area contributed by atoms with Crippen LogP contribution >= 0.6 is 0 Å². The van der Waals surface area contributed by atoms with E-state index >= 15 is 0 Å². The number of nitrogens with zero attached hydrogens (tertiary/aromatic N) is 1. The molecule has 0 spiro atoms. The average Bonchev–Trinajstić information content (AvgIpc) is 2.28. The van der Waals surface area contributed by atoms with Gasteiger partial charge in [-0.3, -0.25) is 4.90 Å². The van der Waals surface area contributed by atoms with E-state index in [1.54, 1.807) is 11.9 Å². The zero-order valence-electron chi connectivity index (χ0n) is 10.4. The van der Waals surface area contributed by atoms with E-state index in [0.29, 0.717) is 6.54 Å². The molecular weight excluding hydrogens is 210 g/mol. The quantitative estimate of drug-likeness (QED) is 0.792. The number of halogens is 2. The Morgan fingerprint density at radius 1 is 1.38 bits per heavy atom. The fraction of sp³-hybridized carbons (Fsp3) is 1.00. The molecule has 0 bridgehead atoms. The predicted octanol–water partition coefficient (Wildman–Crippen LogP) is 2.48. The highest BCUT2D eigenvalue weighted by atomic mass is 19.3. The van der Waals surface area contributed by atoms with Crippen LogP contribution in [-0.4, -0.2) is 37.0 Å². The lowest BCUT2D eigenvalue weighted by Gasteiger charge is -2.45. The molecule has 16 heavy (non-hydrogen) atoms. The number of rotatable bonds is 5. The molecule has 0 unspecified atom stereocenters. The van der Waals surface area contributed by atoms with Gasteiger partial charge in [-0.25, -0.2) is 8.78 Å². The molecule has 0 saturated heterocycles. The Kier molecular flexibility index (Phi) is 5.12. The Hall–Kier alpha value is -0.220. The lowest BCUT2D eigenvalue weighted by Crippen LogP contribution is -2.55. The molecule has 1 aliphatic carbocycles. The number of likely N-dealkylation sites (N-methyl/N-ethyl adjacent to an activating group) is 1. The summed E-state index contributed by atoms with van der Waals surface area (Å²) in [6.07, 6.45) is 3.11. The Bertz CT molecular complexity index is 201. The monoisotopic (exact) mass is 234 g/mol. The summed E-state index contributed by atoms with van der Waals surface area (Å²) in [5.41, 5.74) is 5.64. The van der Waals surface area contributed by atoms with Gasteiger partial charge in [0.05, 0.1) is 6.54 Å². The van der Waals surface area contributed by atoms with E-state index < -0.39 is 6.43 Å². The molecule has 1 saturated carbocycles. The largest absolute Gasteiger partial charge is 0.329 e. The molecule has 0 aromatic rings. The summed E-state index contributed by atoms with van der Waals surface area (Å²) in [6, 6.07) is 0. The molecule has 2 N–H and O–H groups in total. The van der Waals surface area contributed by atoms with Crippen LogP contribution in [0.15, 0.2) is 0 Å². The first-order valence-electron chi connectivity index (χ1n) is 6.23. The van der Waals surface area contributed by atoms with Crippen molar-refractivity contribution in [2.75, 3.05) is 20.1 Å². The first-order chi connectivity index (χ1) is 7.54. The number of hydrogen-bond acceptors (Lipinski definition) is 2. The van der Waals surface area contributed by atoms with E-state index in [2.05, 4.69) is 6.92 Å². The zero-order valence-corrected chi connectivity index (χ0v) is 10.4. The third kappa shape index (κ3) is 3.14. The molecule has 0 aliphatic heterocycles. The lowest BCUT2D eigenvalue weighted by molar-refractivity contribution is 0.0124. The topological polar surface area (TPSA) is 29.3 Å². The maximum absolute atomic E-state index is 12.4. The molecule has 0 atom stereocenters. The van der Waals surface area contributed by atoms with Gasteiger partial charge in [-0.1, -0.05) is 13.3 Å². The summed E-state index contributed by atoms with van der Waals surface area (Å²) in [4.78, 5) is 1.78. The molecule has 1 aliphatic rings. The van der Waals surface area contributed by atoms with Gasteiger partial charge in [-0.15, -0.1) is 0 Å². The minimum absolute atomic E-state index is 0.159. The molecule has 0 heterocycles. The van der Waals surface area contributed by atoms with Gasteiger partial charge < -0.3 is 5.73 Å². The van der Waals surface area contributed by atoms with Gasteiger partial charge in [-0.2, -0.15) is 0 Å². The fourth-order valence-corrected chi connectivity index (χ4v) is 2.77. The summed E-state index contributed by atoms with van der Waals surface area (Å²) in [5, 5.41) is 0. The van der Waals surface area contributed by atoms with Crippen molar-refractivity contribution in [1.82, 2.24) is 4.90 Å². The van der Waals surface area contributed by atoms with Gasteiger partial charge in [0.25, 0.3) is 6.43 Å². The zero-order chi connectivity index (χ0) is 12.2. The number of nitrogens with two attached hydrogens (primary N) is 1. The van der Waals surface area contributed by atoms with E-state index in [-0.39, 0.29) is 12.1 Å². The van der Waals surface area contributed by atoms with E-state index in [1.807, 2.05) is 0 Å². The van der Waals surface area contributed by atoms with Crippen LogP contribution in [0.3, 0.4) is 0 Å². The molecule has 0 radical (unpaired) electrons. The van der Waals surface area contributed by atoms with Crippen LogP contribution in [0.25, 0.3) is 0 Å². The van der Waals surface area contributed by atoms with Crippen molar-refractivity contribution in [1.29, 1.82) is 0 Å². The fourth-order valence-electron chi connectivity index (χ4n) is 2.77. The van der Waals surface area contributed by atoms with Crippen molar-refractivity contribution in [2.45, 2.75) is 51.0 Å². The smallest absolute Gasteiger partial charge is 0.251 e. The molecule has 96 valence electrons. The van der Waals surface area contributed by atoms with E-state index in [9.17, 15) is 8.78 Å². The van der Waals surface area contributed by atoms with Crippen LogP contribution in [0.4, 0.5) is 8.78 Å². The summed E-state index contributed by atoms with van der Waals surface area (Å²) in [6.45, 7) is 2.53. The highest BCUT2D eigenvalue weighted by molar-refractivity contribution is 4.94. The number of hydrogen-bond donors (Lipinski definition) is 1. The molecule has 4 heteroatoms. The Morgan fingerprint density at radius 3 is 2.31 bits per heavy atom. The summed E-state index contributed by atoms with van der Waals surface area (Å²) in [5.74, 6) is 0.764. The van der Waals surface area contributed by atoms with Gasteiger partial charge in [0.15, 0.2) is 0 Å². The minimum atomic E-state index is -2.27. The van der Waals surface area contributed by atoms with Crippen molar-refractivity contribution < 1.29 is 8.78 Å². The summed E-state index contributed by atoms with van der Waals surface area (Å²) >= 11 is 0. The Labute approximate surface area is 97.2 Å². The van der Waals surface area contributed by atoms with Gasteiger partial charge >= 0.3 is 0 Å². The van der Waals surface area contributed by atoms with Gasteiger partial charge in [0.1, 0.15) is 0 Å². The normalized spacial score (nSPS) is 31.3. The third-order valence-corrected chi connectivity index (χ3v) is 4.21.